The van der Waals surface area contributed by atoms with Gasteiger partial charge in [-0.1, -0.05) is 18.2 Å². The third-order valence-corrected chi connectivity index (χ3v) is 4.02. The Labute approximate surface area is 137 Å². The van der Waals surface area contributed by atoms with Crippen molar-refractivity contribution in [2.75, 3.05) is 10.6 Å². The Bertz CT molecular complexity index is 830. The van der Waals surface area contributed by atoms with Crippen LogP contribution in [-0.4, -0.2) is 11.0 Å². The Morgan fingerprint density at radius 3 is 2.57 bits per heavy atom. The summed E-state index contributed by atoms with van der Waals surface area (Å²) in [4.78, 5) is 16.4. The molecule has 0 bridgehead atoms. The summed E-state index contributed by atoms with van der Waals surface area (Å²) in [5.74, 6) is -0.292. The van der Waals surface area contributed by atoms with Gasteiger partial charge in [0.15, 0.2) is 5.13 Å². The molecule has 2 aromatic carbocycles. The van der Waals surface area contributed by atoms with Crippen molar-refractivity contribution in [3.63, 3.8) is 0 Å². The molecule has 3 rings (SSSR count). The van der Waals surface area contributed by atoms with E-state index >= 15 is 0 Å². The average molecular weight is 327 g/mol. The topological polar surface area (TPSA) is 54.0 Å². The number of urea groups is 1. The summed E-state index contributed by atoms with van der Waals surface area (Å²) < 4.78 is 12.9. The monoisotopic (exact) mass is 327 g/mol. The van der Waals surface area contributed by atoms with Crippen molar-refractivity contribution in [2.45, 2.75) is 6.92 Å². The van der Waals surface area contributed by atoms with Gasteiger partial charge in [0.2, 0.25) is 0 Å². The van der Waals surface area contributed by atoms with Crippen LogP contribution in [0.4, 0.5) is 20.0 Å². The predicted molar refractivity (Wildman–Crippen MR) is 91.3 cm³/mol. The minimum atomic E-state index is -0.348. The summed E-state index contributed by atoms with van der Waals surface area (Å²) in [7, 11) is 0. The summed E-state index contributed by atoms with van der Waals surface area (Å²) in [6.45, 7) is 1.92. The number of aromatic nitrogens is 1. The predicted octanol–water partition coefficient (Wildman–Crippen LogP) is 4.90. The van der Waals surface area contributed by atoms with Gasteiger partial charge in [0, 0.05) is 16.6 Å². The molecule has 0 radical (unpaired) electrons. The Kier molecular flexibility index (Phi) is 4.34. The first kappa shape index (κ1) is 15.2. The molecule has 6 heteroatoms. The van der Waals surface area contributed by atoms with Crippen molar-refractivity contribution < 1.29 is 9.18 Å². The third kappa shape index (κ3) is 3.73. The second-order valence-corrected chi connectivity index (χ2v) is 5.80. The average Bonchev–Trinajstić information content (AvgIpc) is 2.98. The molecule has 0 aliphatic rings. The molecule has 2 amide bonds. The van der Waals surface area contributed by atoms with E-state index in [2.05, 4.69) is 15.6 Å². The van der Waals surface area contributed by atoms with E-state index in [9.17, 15) is 9.18 Å². The molecule has 3 aromatic rings. The molecule has 0 fully saturated rings. The molecule has 116 valence electrons. The zero-order valence-electron chi connectivity index (χ0n) is 12.3. The first-order valence-corrected chi connectivity index (χ1v) is 7.85. The zero-order valence-corrected chi connectivity index (χ0v) is 13.2. The summed E-state index contributed by atoms with van der Waals surface area (Å²) in [6, 6.07) is 13.3. The molecule has 1 heterocycles. The van der Waals surface area contributed by atoms with E-state index in [1.165, 1.54) is 23.5 Å². The molecule has 0 saturated carbocycles. The van der Waals surface area contributed by atoms with E-state index in [0.717, 1.165) is 16.8 Å². The van der Waals surface area contributed by atoms with E-state index in [-0.39, 0.29) is 11.8 Å². The summed E-state index contributed by atoms with van der Waals surface area (Å²) >= 11 is 1.31. The lowest BCUT2D eigenvalue weighted by molar-refractivity contribution is 0.262. The van der Waals surface area contributed by atoms with E-state index in [4.69, 9.17) is 0 Å². The van der Waals surface area contributed by atoms with Gasteiger partial charge in [0.1, 0.15) is 5.82 Å². The van der Waals surface area contributed by atoms with Crippen molar-refractivity contribution in [1.29, 1.82) is 0 Å². The van der Waals surface area contributed by atoms with Crippen molar-refractivity contribution in [2.24, 2.45) is 0 Å². The van der Waals surface area contributed by atoms with Crippen molar-refractivity contribution >= 4 is 28.2 Å². The van der Waals surface area contributed by atoms with Gasteiger partial charge in [-0.15, -0.1) is 11.3 Å². The first-order valence-electron chi connectivity index (χ1n) is 6.97. The van der Waals surface area contributed by atoms with Crippen molar-refractivity contribution in [3.05, 3.63) is 65.3 Å². The highest BCUT2D eigenvalue weighted by atomic mass is 32.1. The van der Waals surface area contributed by atoms with Crippen LogP contribution < -0.4 is 10.6 Å². The SMILES string of the molecule is Cc1ccccc1NC(=O)Nc1nc(-c2ccc(F)cc2)cs1. The van der Waals surface area contributed by atoms with Gasteiger partial charge in [-0.2, -0.15) is 0 Å². The van der Waals surface area contributed by atoms with Gasteiger partial charge < -0.3 is 5.32 Å². The number of hydrogen-bond donors (Lipinski definition) is 2. The van der Waals surface area contributed by atoms with Gasteiger partial charge >= 0.3 is 6.03 Å². The Morgan fingerprint density at radius 2 is 1.83 bits per heavy atom. The molecule has 0 aliphatic carbocycles. The van der Waals surface area contributed by atoms with Crippen LogP contribution in [0.15, 0.2) is 53.9 Å². The molecular formula is C17H14FN3OS. The molecule has 0 unspecified atom stereocenters. The lowest BCUT2D eigenvalue weighted by Crippen LogP contribution is -2.19. The molecular weight excluding hydrogens is 313 g/mol. The molecule has 1 aromatic heterocycles. The van der Waals surface area contributed by atoms with Gasteiger partial charge in [-0.05, 0) is 42.8 Å². The molecule has 2 N–H and O–H groups in total. The molecule has 23 heavy (non-hydrogen) atoms. The minimum absolute atomic E-state index is 0.292. The maximum Gasteiger partial charge on any atom is 0.325 e. The van der Waals surface area contributed by atoms with E-state index in [1.807, 2.05) is 36.6 Å². The Balaban J connectivity index is 1.68. The fraction of sp³-hybridized carbons (Fsp3) is 0.0588. The number of halogens is 1. The fourth-order valence-corrected chi connectivity index (χ4v) is 2.76. The zero-order chi connectivity index (χ0) is 16.2. The second-order valence-electron chi connectivity index (χ2n) is 4.94. The molecule has 0 saturated heterocycles. The van der Waals surface area contributed by atoms with E-state index in [0.29, 0.717) is 10.8 Å². The number of amides is 2. The van der Waals surface area contributed by atoms with Crippen LogP contribution in [-0.2, 0) is 0 Å². The number of benzene rings is 2. The fourth-order valence-electron chi connectivity index (χ4n) is 2.05. The number of nitrogens with zero attached hydrogens (tertiary/aromatic N) is 1. The molecule has 0 atom stereocenters. The largest absolute Gasteiger partial charge is 0.325 e. The van der Waals surface area contributed by atoms with Crippen LogP contribution in [0.25, 0.3) is 11.3 Å². The number of carbonyl (C=O) groups is 1. The molecule has 0 aliphatic heterocycles. The summed E-state index contributed by atoms with van der Waals surface area (Å²) in [5.41, 5.74) is 3.23. The second kappa shape index (κ2) is 6.58. The smallest absolute Gasteiger partial charge is 0.307 e. The van der Waals surface area contributed by atoms with Crippen molar-refractivity contribution in [3.8, 4) is 11.3 Å². The first-order chi connectivity index (χ1) is 11.1. The van der Waals surface area contributed by atoms with E-state index < -0.39 is 0 Å². The molecule has 4 nitrogen and oxygen atoms in total. The highest BCUT2D eigenvalue weighted by Gasteiger charge is 2.09. The van der Waals surface area contributed by atoms with Crippen LogP contribution in [0.5, 0.6) is 0 Å². The molecule has 0 spiro atoms. The van der Waals surface area contributed by atoms with Crippen LogP contribution >= 0.6 is 11.3 Å². The number of carbonyl (C=O) groups excluding carboxylic acids is 1. The summed E-state index contributed by atoms with van der Waals surface area (Å²) in [5, 5.41) is 7.78. The summed E-state index contributed by atoms with van der Waals surface area (Å²) in [6.07, 6.45) is 0. The van der Waals surface area contributed by atoms with Crippen LogP contribution in [0, 0.1) is 12.7 Å². The highest BCUT2D eigenvalue weighted by molar-refractivity contribution is 7.14. The number of rotatable bonds is 3. The lowest BCUT2D eigenvalue weighted by atomic mass is 10.2. The quantitative estimate of drug-likeness (QED) is 0.719. The standard InChI is InChI=1S/C17H14FN3OS/c1-11-4-2-3-5-14(11)19-16(22)21-17-20-15(10-23-17)12-6-8-13(18)9-7-12/h2-10H,1H3,(H2,19,20,21,22). The Morgan fingerprint density at radius 1 is 1.09 bits per heavy atom. The number of nitrogens with one attached hydrogen (secondary N) is 2. The number of aryl methyl sites for hydroxylation is 1. The van der Waals surface area contributed by atoms with Crippen molar-refractivity contribution in [1.82, 2.24) is 4.98 Å². The van der Waals surface area contributed by atoms with Gasteiger partial charge in [-0.25, -0.2) is 14.2 Å². The van der Waals surface area contributed by atoms with Crippen LogP contribution in [0.3, 0.4) is 0 Å². The minimum Gasteiger partial charge on any atom is -0.307 e. The van der Waals surface area contributed by atoms with Gasteiger partial charge in [0.25, 0.3) is 0 Å². The normalized spacial score (nSPS) is 10.3. The van der Waals surface area contributed by atoms with E-state index in [1.54, 1.807) is 12.1 Å². The maximum atomic E-state index is 12.9. The number of anilines is 2. The number of hydrogen-bond acceptors (Lipinski definition) is 3. The van der Waals surface area contributed by atoms with Gasteiger partial charge in [-0.3, -0.25) is 5.32 Å². The Hall–Kier alpha value is -2.73. The van der Waals surface area contributed by atoms with Crippen LogP contribution in [0.1, 0.15) is 5.56 Å². The van der Waals surface area contributed by atoms with Crippen LogP contribution in [0.2, 0.25) is 0 Å². The highest BCUT2D eigenvalue weighted by Crippen LogP contribution is 2.25. The number of thiazole rings is 1. The number of para-hydroxylation sites is 1. The van der Waals surface area contributed by atoms with Gasteiger partial charge in [0.05, 0.1) is 5.69 Å². The maximum absolute atomic E-state index is 12.9. The lowest BCUT2D eigenvalue weighted by Gasteiger charge is -2.07. The third-order valence-electron chi connectivity index (χ3n) is 3.26.